The predicted octanol–water partition coefficient (Wildman–Crippen LogP) is 4.29. The molecule has 1 fully saturated rings. The van der Waals surface area contributed by atoms with Gasteiger partial charge in [-0.25, -0.2) is 0 Å². The van der Waals surface area contributed by atoms with E-state index in [0.717, 1.165) is 17.0 Å². The van der Waals surface area contributed by atoms with Gasteiger partial charge in [0.15, 0.2) is 18.6 Å². The molecule has 3 aromatic rings. The lowest BCUT2D eigenvalue weighted by Gasteiger charge is -2.33. The van der Waals surface area contributed by atoms with Gasteiger partial charge in [-0.15, -0.1) is 0 Å². The molecule has 1 aliphatic rings. The topological polar surface area (TPSA) is 65.1 Å². The van der Waals surface area contributed by atoms with Crippen molar-refractivity contribution in [1.82, 2.24) is 4.90 Å². The summed E-state index contributed by atoms with van der Waals surface area (Å²) in [5.41, 5.74) is 0.407. The van der Waals surface area contributed by atoms with E-state index in [-0.39, 0.29) is 5.91 Å². The number of benzene rings is 3. The Balaban J connectivity index is 1.80. The van der Waals surface area contributed by atoms with E-state index in [1.165, 1.54) is 21.3 Å². The van der Waals surface area contributed by atoms with E-state index in [1.54, 1.807) is 17.0 Å². The molecule has 172 valence electrons. The molecule has 0 spiro atoms. The molecule has 1 atom stereocenters. The first-order chi connectivity index (χ1) is 16.0. The SMILES string of the molecule is COc1cc(C(=O)N2CCCC2P(=O)(c2ccccc2)c2ccccc2)cc(OC)c1OC. The van der Waals surface area contributed by atoms with Crippen LogP contribution < -0.4 is 24.8 Å². The minimum atomic E-state index is -3.14. The molecule has 3 aromatic carbocycles. The minimum Gasteiger partial charge on any atom is -0.493 e. The Kier molecular flexibility index (Phi) is 6.75. The number of amides is 1. The fourth-order valence-corrected chi connectivity index (χ4v) is 7.90. The Morgan fingerprint density at radius 1 is 0.848 bits per heavy atom. The third-order valence-electron chi connectivity index (χ3n) is 6.09. The van der Waals surface area contributed by atoms with Gasteiger partial charge >= 0.3 is 0 Å². The number of hydrogen-bond donors (Lipinski definition) is 0. The summed E-state index contributed by atoms with van der Waals surface area (Å²) in [5.74, 6) is 0.599. The Labute approximate surface area is 194 Å². The van der Waals surface area contributed by atoms with Gasteiger partial charge in [-0.1, -0.05) is 60.7 Å². The Morgan fingerprint density at radius 2 is 1.36 bits per heavy atom. The van der Waals surface area contributed by atoms with Gasteiger partial charge in [-0.3, -0.25) is 4.79 Å². The van der Waals surface area contributed by atoms with E-state index in [1.807, 2.05) is 60.7 Å². The van der Waals surface area contributed by atoms with Crippen molar-refractivity contribution in [2.24, 2.45) is 0 Å². The number of methoxy groups -OCH3 is 3. The summed E-state index contributed by atoms with van der Waals surface area (Å²) < 4.78 is 31.1. The molecule has 0 N–H and O–H groups in total. The summed E-state index contributed by atoms with van der Waals surface area (Å²) in [5, 5.41) is 1.51. The van der Waals surface area contributed by atoms with Gasteiger partial charge in [0.05, 0.1) is 27.1 Å². The second kappa shape index (κ2) is 9.72. The van der Waals surface area contributed by atoms with Crippen molar-refractivity contribution in [1.29, 1.82) is 0 Å². The molecule has 0 radical (unpaired) electrons. The highest BCUT2D eigenvalue weighted by Crippen LogP contribution is 2.54. The van der Waals surface area contributed by atoms with E-state index >= 15 is 0 Å². The van der Waals surface area contributed by atoms with Crippen molar-refractivity contribution in [2.45, 2.75) is 18.6 Å². The van der Waals surface area contributed by atoms with Gasteiger partial charge in [0.25, 0.3) is 5.91 Å². The maximum Gasteiger partial charge on any atom is 0.254 e. The summed E-state index contributed by atoms with van der Waals surface area (Å²) in [6, 6.07) is 22.3. The minimum absolute atomic E-state index is 0.205. The molecule has 4 rings (SSSR count). The molecule has 0 saturated carbocycles. The number of nitrogens with zero attached hydrogens (tertiary/aromatic N) is 1. The van der Waals surface area contributed by atoms with Crippen LogP contribution in [0.3, 0.4) is 0 Å². The summed E-state index contributed by atoms with van der Waals surface area (Å²) >= 11 is 0. The van der Waals surface area contributed by atoms with Crippen LogP contribution in [0.25, 0.3) is 0 Å². The van der Waals surface area contributed by atoms with Crippen LogP contribution in [0.15, 0.2) is 72.8 Å². The van der Waals surface area contributed by atoms with Crippen molar-refractivity contribution in [2.75, 3.05) is 27.9 Å². The Bertz CT molecular complexity index is 1100. The van der Waals surface area contributed by atoms with Gasteiger partial charge in [0.2, 0.25) is 5.75 Å². The van der Waals surface area contributed by atoms with Gasteiger partial charge in [-0.2, -0.15) is 0 Å². The first-order valence-electron chi connectivity index (χ1n) is 10.9. The van der Waals surface area contributed by atoms with E-state index in [4.69, 9.17) is 14.2 Å². The molecule has 7 heteroatoms. The Hall–Kier alpha value is -3.24. The van der Waals surface area contributed by atoms with Crippen LogP contribution in [-0.4, -0.2) is 44.5 Å². The van der Waals surface area contributed by atoms with E-state index < -0.39 is 12.9 Å². The quantitative estimate of drug-likeness (QED) is 0.487. The van der Waals surface area contributed by atoms with Crippen LogP contribution in [-0.2, 0) is 4.57 Å². The molecule has 0 aromatic heterocycles. The zero-order chi connectivity index (χ0) is 23.4. The molecule has 1 saturated heterocycles. The number of rotatable bonds is 7. The standard InChI is InChI=1S/C26H28NO5P/c1-30-22-17-19(18-23(31-2)25(22)32-3)26(28)27-16-10-15-24(27)33(29,20-11-6-4-7-12-20)21-13-8-5-9-14-21/h4-9,11-14,17-18,24H,10,15-16H2,1-3H3. The summed E-state index contributed by atoms with van der Waals surface area (Å²) in [7, 11) is 1.42. The lowest BCUT2D eigenvalue weighted by molar-refractivity contribution is 0.0773. The van der Waals surface area contributed by atoms with E-state index in [9.17, 15) is 9.36 Å². The number of likely N-dealkylation sites (tertiary alicyclic amines) is 1. The summed E-state index contributed by atoms with van der Waals surface area (Å²) in [6.07, 6.45) is 1.45. The van der Waals surface area contributed by atoms with Crippen LogP contribution in [0, 0.1) is 0 Å². The molecule has 33 heavy (non-hydrogen) atoms. The zero-order valence-electron chi connectivity index (χ0n) is 19.1. The summed E-state index contributed by atoms with van der Waals surface area (Å²) in [6.45, 7) is 0.532. The lowest BCUT2D eigenvalue weighted by Crippen LogP contribution is -2.40. The molecule has 1 heterocycles. The highest BCUT2D eigenvalue weighted by molar-refractivity contribution is 7.79. The maximum absolute atomic E-state index is 14.8. The number of carbonyl (C=O) groups is 1. The van der Waals surface area contributed by atoms with Crippen molar-refractivity contribution in [3.05, 3.63) is 78.4 Å². The fourth-order valence-electron chi connectivity index (χ4n) is 4.53. The first-order valence-corrected chi connectivity index (χ1v) is 12.6. The first kappa shape index (κ1) is 22.9. The molecule has 1 aliphatic heterocycles. The normalized spacial score (nSPS) is 15.8. The van der Waals surface area contributed by atoms with Gasteiger partial charge in [0.1, 0.15) is 0 Å². The highest BCUT2D eigenvalue weighted by Gasteiger charge is 2.44. The van der Waals surface area contributed by atoms with Crippen LogP contribution in [0.1, 0.15) is 23.2 Å². The predicted molar refractivity (Wildman–Crippen MR) is 130 cm³/mol. The van der Waals surface area contributed by atoms with Crippen LogP contribution >= 0.6 is 7.14 Å². The van der Waals surface area contributed by atoms with Crippen LogP contribution in [0.5, 0.6) is 17.2 Å². The monoisotopic (exact) mass is 465 g/mol. The largest absolute Gasteiger partial charge is 0.493 e. The molecule has 1 amide bonds. The molecule has 0 aliphatic carbocycles. The number of carbonyl (C=O) groups excluding carboxylic acids is 1. The highest BCUT2D eigenvalue weighted by atomic mass is 31.2. The maximum atomic E-state index is 14.8. The van der Waals surface area contributed by atoms with E-state index in [2.05, 4.69) is 0 Å². The third kappa shape index (κ3) is 4.11. The molecular weight excluding hydrogens is 437 g/mol. The van der Waals surface area contributed by atoms with Crippen molar-refractivity contribution < 1.29 is 23.6 Å². The van der Waals surface area contributed by atoms with Crippen molar-refractivity contribution >= 4 is 23.7 Å². The average Bonchev–Trinajstić information content (AvgIpc) is 3.38. The van der Waals surface area contributed by atoms with Gasteiger partial charge in [0, 0.05) is 22.7 Å². The Morgan fingerprint density at radius 3 is 1.82 bits per heavy atom. The van der Waals surface area contributed by atoms with E-state index in [0.29, 0.717) is 35.8 Å². The van der Waals surface area contributed by atoms with Crippen LogP contribution in [0.4, 0.5) is 0 Å². The summed E-state index contributed by atoms with van der Waals surface area (Å²) in [4.78, 5) is 15.5. The second-order valence-electron chi connectivity index (χ2n) is 7.86. The van der Waals surface area contributed by atoms with Crippen molar-refractivity contribution in [3.63, 3.8) is 0 Å². The smallest absolute Gasteiger partial charge is 0.254 e. The average molecular weight is 465 g/mol. The number of hydrogen-bond acceptors (Lipinski definition) is 5. The molecular formula is C26H28NO5P. The lowest BCUT2D eigenvalue weighted by atomic mass is 10.1. The third-order valence-corrected chi connectivity index (χ3v) is 9.60. The second-order valence-corrected chi connectivity index (χ2v) is 10.8. The van der Waals surface area contributed by atoms with Gasteiger partial charge < -0.3 is 23.7 Å². The fraction of sp³-hybridized carbons (Fsp3) is 0.269. The number of ether oxygens (including phenoxy) is 3. The molecule has 6 nitrogen and oxygen atoms in total. The van der Waals surface area contributed by atoms with Crippen molar-refractivity contribution in [3.8, 4) is 17.2 Å². The van der Waals surface area contributed by atoms with Crippen LogP contribution in [0.2, 0.25) is 0 Å². The molecule has 1 unspecified atom stereocenters. The zero-order valence-corrected chi connectivity index (χ0v) is 20.0. The van der Waals surface area contributed by atoms with Gasteiger partial charge in [-0.05, 0) is 25.0 Å². The molecule has 0 bridgehead atoms.